The van der Waals surface area contributed by atoms with Gasteiger partial charge in [0.25, 0.3) is 0 Å². The summed E-state index contributed by atoms with van der Waals surface area (Å²) in [6.07, 6.45) is 3.93. The standard InChI is InChI=1S/C4H7N3S/c5-2-1-4(8)7-3-6/h1-3H,5H2,(H2,6,7,8). The number of hydrogen-bond acceptors (Lipinski definition) is 2. The molecule has 0 aliphatic heterocycles. The van der Waals surface area contributed by atoms with Crippen LogP contribution in [0.1, 0.15) is 0 Å². The molecule has 0 aliphatic rings. The maximum atomic E-state index is 4.98. The second-order valence-electron chi connectivity index (χ2n) is 0.976. The topological polar surface area (TPSA) is 64.4 Å². The largest absolute Gasteiger partial charge is 0.405 e. The van der Waals surface area contributed by atoms with E-state index in [0.717, 1.165) is 6.34 Å². The number of thiocarbonyl (C=S) groups is 1. The molecule has 0 rings (SSSR count). The highest BCUT2D eigenvalue weighted by Crippen LogP contribution is 1.77. The van der Waals surface area contributed by atoms with E-state index in [0.29, 0.717) is 4.99 Å². The summed E-state index contributed by atoms with van der Waals surface area (Å²) in [5, 5.41) is 0. The lowest BCUT2D eigenvalue weighted by Gasteiger charge is -1.79. The molecule has 0 amide bonds. The van der Waals surface area contributed by atoms with E-state index in [1.54, 1.807) is 0 Å². The van der Waals surface area contributed by atoms with Crippen LogP contribution in [0.3, 0.4) is 0 Å². The highest BCUT2D eigenvalue weighted by Gasteiger charge is 1.76. The van der Waals surface area contributed by atoms with Gasteiger partial charge in [-0.2, -0.15) is 0 Å². The average molecular weight is 129 g/mol. The molecule has 0 aliphatic carbocycles. The number of nitrogens with two attached hydrogens (primary N) is 2. The second-order valence-corrected chi connectivity index (χ2v) is 1.39. The average Bonchev–Trinajstić information content (AvgIpc) is 1.68. The van der Waals surface area contributed by atoms with Crippen LogP contribution in [-0.4, -0.2) is 11.3 Å². The number of hydrogen-bond donors (Lipinski definition) is 2. The molecular formula is C4H7N3S. The Morgan fingerprint density at radius 1 is 1.50 bits per heavy atom. The summed E-state index contributed by atoms with van der Waals surface area (Å²) in [4.78, 5) is 3.92. The maximum Gasteiger partial charge on any atom is 0.129 e. The summed E-state index contributed by atoms with van der Waals surface area (Å²) in [5.74, 6) is 0. The van der Waals surface area contributed by atoms with Crippen molar-refractivity contribution in [3.05, 3.63) is 12.3 Å². The van der Waals surface area contributed by atoms with Crippen LogP contribution in [0.25, 0.3) is 0 Å². The van der Waals surface area contributed by atoms with E-state index in [9.17, 15) is 0 Å². The Hall–Kier alpha value is -0.900. The van der Waals surface area contributed by atoms with Gasteiger partial charge < -0.3 is 11.5 Å². The quantitative estimate of drug-likeness (QED) is 0.222. The van der Waals surface area contributed by atoms with Crippen molar-refractivity contribution in [2.75, 3.05) is 0 Å². The van der Waals surface area contributed by atoms with Crippen LogP contribution in [0, 0.1) is 0 Å². The normalized spacial score (nSPS) is 11.0. The fraction of sp³-hybridized carbons (Fsp3) is 0. The predicted molar refractivity (Wildman–Crippen MR) is 38.6 cm³/mol. The van der Waals surface area contributed by atoms with Crippen molar-refractivity contribution in [3.63, 3.8) is 0 Å². The summed E-state index contributed by atoms with van der Waals surface area (Å²) in [6, 6.07) is 0. The van der Waals surface area contributed by atoms with Gasteiger partial charge in [0, 0.05) is 0 Å². The minimum Gasteiger partial charge on any atom is -0.405 e. The molecule has 0 aromatic heterocycles. The number of aliphatic imine (C=N–C) groups is 1. The molecular weight excluding hydrogens is 122 g/mol. The Labute approximate surface area is 53.1 Å². The molecule has 8 heavy (non-hydrogen) atoms. The van der Waals surface area contributed by atoms with E-state index in [1.165, 1.54) is 12.3 Å². The summed E-state index contributed by atoms with van der Waals surface area (Å²) < 4.78 is 0. The molecule has 4 heteroatoms. The van der Waals surface area contributed by atoms with Crippen molar-refractivity contribution >= 4 is 23.5 Å². The molecule has 0 bridgehead atoms. The van der Waals surface area contributed by atoms with Crippen molar-refractivity contribution in [2.24, 2.45) is 16.5 Å². The van der Waals surface area contributed by atoms with Crippen LogP contribution in [0.2, 0.25) is 0 Å². The zero-order chi connectivity index (χ0) is 6.41. The fourth-order valence-electron chi connectivity index (χ4n) is 0.199. The third-order valence-electron chi connectivity index (χ3n) is 0.441. The Bertz CT molecular complexity index is 113. The van der Waals surface area contributed by atoms with Crippen molar-refractivity contribution < 1.29 is 0 Å². The predicted octanol–water partition coefficient (Wildman–Crippen LogP) is -0.227. The third kappa shape index (κ3) is 3.30. The molecule has 4 N–H and O–H groups in total. The monoisotopic (exact) mass is 129 g/mol. The van der Waals surface area contributed by atoms with E-state index in [2.05, 4.69) is 17.2 Å². The molecule has 0 atom stereocenters. The van der Waals surface area contributed by atoms with Gasteiger partial charge in [-0.05, 0) is 12.3 Å². The minimum absolute atomic E-state index is 0.384. The Balaban J connectivity index is 3.66. The Morgan fingerprint density at radius 2 is 2.12 bits per heavy atom. The van der Waals surface area contributed by atoms with Crippen LogP contribution in [0.4, 0.5) is 0 Å². The van der Waals surface area contributed by atoms with Crippen LogP contribution in [-0.2, 0) is 0 Å². The summed E-state index contributed by atoms with van der Waals surface area (Å²) in [7, 11) is 0. The SMILES string of the molecule is NC=CC(=S)N=CN. The van der Waals surface area contributed by atoms with Crippen LogP contribution < -0.4 is 11.5 Å². The molecule has 0 fully saturated rings. The summed E-state index contributed by atoms with van der Waals surface area (Å²) in [6.45, 7) is 0. The van der Waals surface area contributed by atoms with E-state index in [-0.39, 0.29) is 0 Å². The van der Waals surface area contributed by atoms with Gasteiger partial charge in [0.15, 0.2) is 0 Å². The molecule has 3 nitrogen and oxygen atoms in total. The Kier molecular flexibility index (Phi) is 3.78. The van der Waals surface area contributed by atoms with Gasteiger partial charge in [0.2, 0.25) is 0 Å². The smallest absolute Gasteiger partial charge is 0.129 e. The van der Waals surface area contributed by atoms with E-state index < -0.39 is 0 Å². The van der Waals surface area contributed by atoms with Crippen LogP contribution >= 0.6 is 12.2 Å². The van der Waals surface area contributed by atoms with Gasteiger partial charge in [0.05, 0.1) is 6.34 Å². The molecule has 0 aromatic rings. The molecule has 0 saturated heterocycles. The van der Waals surface area contributed by atoms with Gasteiger partial charge in [-0.3, -0.25) is 0 Å². The fourth-order valence-corrected chi connectivity index (χ4v) is 0.338. The van der Waals surface area contributed by atoms with E-state index >= 15 is 0 Å². The first kappa shape index (κ1) is 7.10. The first-order valence-electron chi connectivity index (χ1n) is 1.97. The summed E-state index contributed by atoms with van der Waals surface area (Å²) >= 11 is 4.61. The lowest BCUT2D eigenvalue weighted by molar-refractivity contribution is 1.60. The van der Waals surface area contributed by atoms with Crippen molar-refractivity contribution in [1.29, 1.82) is 0 Å². The zero-order valence-corrected chi connectivity index (χ0v) is 5.06. The minimum atomic E-state index is 0.384. The number of nitrogens with zero attached hydrogens (tertiary/aromatic N) is 1. The molecule has 0 unspecified atom stereocenters. The van der Waals surface area contributed by atoms with E-state index in [4.69, 9.17) is 11.5 Å². The van der Waals surface area contributed by atoms with Gasteiger partial charge in [0.1, 0.15) is 4.99 Å². The molecule has 0 spiro atoms. The third-order valence-corrected chi connectivity index (χ3v) is 0.682. The van der Waals surface area contributed by atoms with Crippen molar-refractivity contribution in [2.45, 2.75) is 0 Å². The lowest BCUT2D eigenvalue weighted by Crippen LogP contribution is -1.93. The van der Waals surface area contributed by atoms with Gasteiger partial charge >= 0.3 is 0 Å². The van der Waals surface area contributed by atoms with Crippen molar-refractivity contribution in [1.82, 2.24) is 0 Å². The molecule has 0 heterocycles. The first-order valence-corrected chi connectivity index (χ1v) is 2.38. The van der Waals surface area contributed by atoms with E-state index in [1.807, 2.05) is 0 Å². The Morgan fingerprint density at radius 3 is 2.50 bits per heavy atom. The van der Waals surface area contributed by atoms with Crippen molar-refractivity contribution in [3.8, 4) is 0 Å². The highest BCUT2D eigenvalue weighted by atomic mass is 32.1. The molecule has 0 saturated carbocycles. The molecule has 0 aromatic carbocycles. The lowest BCUT2D eigenvalue weighted by atomic mass is 10.6. The van der Waals surface area contributed by atoms with Crippen LogP contribution in [0.5, 0.6) is 0 Å². The first-order chi connectivity index (χ1) is 3.81. The molecule has 0 radical (unpaired) electrons. The molecule has 44 valence electrons. The highest BCUT2D eigenvalue weighted by molar-refractivity contribution is 7.80. The van der Waals surface area contributed by atoms with Gasteiger partial charge in [-0.15, -0.1) is 0 Å². The maximum absolute atomic E-state index is 4.98. The number of rotatable bonds is 1. The van der Waals surface area contributed by atoms with Gasteiger partial charge in [-0.25, -0.2) is 4.99 Å². The van der Waals surface area contributed by atoms with Crippen LogP contribution in [0.15, 0.2) is 17.3 Å². The zero-order valence-electron chi connectivity index (χ0n) is 4.24. The second kappa shape index (κ2) is 4.26. The summed E-state index contributed by atoms with van der Waals surface area (Å²) in [5.41, 5.74) is 9.88. The van der Waals surface area contributed by atoms with Gasteiger partial charge in [-0.1, -0.05) is 12.2 Å².